The van der Waals surface area contributed by atoms with E-state index in [0.29, 0.717) is 22.8 Å². The van der Waals surface area contributed by atoms with Crippen LogP contribution in [0.1, 0.15) is 38.5 Å². The summed E-state index contributed by atoms with van der Waals surface area (Å²) in [7, 11) is 0. The zero-order chi connectivity index (χ0) is 24.7. The van der Waals surface area contributed by atoms with Crippen LogP contribution in [0, 0.1) is 6.92 Å². The Bertz CT molecular complexity index is 1140. The number of benzene rings is 2. The smallest absolute Gasteiger partial charge is 0.416 e. The largest absolute Gasteiger partial charge is 0.494 e. The highest BCUT2D eigenvalue weighted by Gasteiger charge is 2.30. The van der Waals surface area contributed by atoms with Crippen molar-refractivity contribution in [3.8, 4) is 16.9 Å². The molecule has 34 heavy (non-hydrogen) atoms. The molecule has 2 N–H and O–H groups in total. The van der Waals surface area contributed by atoms with Gasteiger partial charge in [0.05, 0.1) is 23.5 Å². The monoisotopic (exact) mass is 491 g/mol. The second-order valence-corrected chi connectivity index (χ2v) is 8.84. The Balaban J connectivity index is 1.48. The molecule has 3 aromatic rings. The summed E-state index contributed by atoms with van der Waals surface area (Å²) in [5, 5.41) is 11.2. The van der Waals surface area contributed by atoms with Gasteiger partial charge in [-0.15, -0.1) is 11.3 Å². The Kier molecular flexibility index (Phi) is 8.33. The first kappa shape index (κ1) is 25.3. The number of nitrogens with one attached hydrogen (secondary N) is 1. The minimum Gasteiger partial charge on any atom is -0.494 e. The van der Waals surface area contributed by atoms with Crippen LogP contribution in [0.3, 0.4) is 0 Å². The fraction of sp³-hybridized carbons (Fsp3) is 0.280. The van der Waals surface area contributed by atoms with E-state index in [0.717, 1.165) is 41.0 Å². The minimum absolute atomic E-state index is 0.0896. The first-order chi connectivity index (χ1) is 16.1. The Morgan fingerprint density at radius 3 is 2.44 bits per heavy atom. The Labute approximate surface area is 199 Å². The average Bonchev–Trinajstić information content (AvgIpc) is 3.25. The molecule has 1 amide bonds. The first-order valence-electron chi connectivity index (χ1n) is 10.6. The number of halogens is 3. The number of aliphatic carboxylic acids is 1. The molecule has 0 saturated carbocycles. The molecule has 3 rings (SSSR count). The van der Waals surface area contributed by atoms with Gasteiger partial charge in [-0.1, -0.05) is 18.2 Å². The molecule has 0 radical (unpaired) electrons. The van der Waals surface area contributed by atoms with Crippen LogP contribution in [0.25, 0.3) is 11.1 Å². The van der Waals surface area contributed by atoms with E-state index in [1.165, 1.54) is 23.5 Å². The van der Waals surface area contributed by atoms with Gasteiger partial charge in [-0.05, 0) is 72.9 Å². The van der Waals surface area contributed by atoms with Gasteiger partial charge in [0, 0.05) is 11.4 Å². The normalized spacial score (nSPS) is 11.3. The number of alkyl halides is 3. The van der Waals surface area contributed by atoms with Crippen LogP contribution >= 0.6 is 11.3 Å². The highest BCUT2D eigenvalue weighted by Crippen LogP contribution is 2.32. The number of thiophene rings is 1. The van der Waals surface area contributed by atoms with E-state index < -0.39 is 17.7 Å². The van der Waals surface area contributed by atoms with Crippen molar-refractivity contribution in [3.63, 3.8) is 0 Å². The van der Waals surface area contributed by atoms with Crippen LogP contribution in [-0.2, 0) is 17.4 Å². The molecule has 0 aliphatic heterocycles. The number of rotatable bonds is 10. The predicted molar refractivity (Wildman–Crippen MR) is 124 cm³/mol. The van der Waals surface area contributed by atoms with Crippen molar-refractivity contribution in [2.45, 2.75) is 32.4 Å². The van der Waals surface area contributed by atoms with E-state index in [2.05, 4.69) is 5.32 Å². The SMILES string of the molecule is Cc1cc(OCCCc2ccc(C(=O)NCCC(=O)O)s2)ccc1-c1ccc(C(F)(F)F)cc1. The lowest BCUT2D eigenvalue weighted by Gasteiger charge is -2.12. The molecule has 1 aromatic heterocycles. The van der Waals surface area contributed by atoms with Crippen molar-refractivity contribution < 1.29 is 32.6 Å². The number of ether oxygens (including phenoxy) is 1. The maximum atomic E-state index is 12.8. The van der Waals surface area contributed by atoms with Gasteiger partial charge in [-0.25, -0.2) is 0 Å². The lowest BCUT2D eigenvalue weighted by Crippen LogP contribution is -2.25. The van der Waals surface area contributed by atoms with E-state index in [1.807, 2.05) is 25.1 Å². The average molecular weight is 492 g/mol. The maximum Gasteiger partial charge on any atom is 0.416 e. The second-order valence-electron chi connectivity index (χ2n) is 7.67. The summed E-state index contributed by atoms with van der Waals surface area (Å²) in [5.41, 5.74) is 1.77. The summed E-state index contributed by atoms with van der Waals surface area (Å²) in [6.07, 6.45) is -3.01. The van der Waals surface area contributed by atoms with Crippen molar-refractivity contribution in [1.29, 1.82) is 0 Å². The molecule has 5 nitrogen and oxygen atoms in total. The molecule has 1 heterocycles. The summed E-state index contributed by atoms with van der Waals surface area (Å²) in [5.74, 6) is -0.563. The van der Waals surface area contributed by atoms with E-state index in [9.17, 15) is 22.8 Å². The van der Waals surface area contributed by atoms with Gasteiger partial charge in [0.1, 0.15) is 5.75 Å². The fourth-order valence-electron chi connectivity index (χ4n) is 3.33. The predicted octanol–water partition coefficient (Wildman–Crippen LogP) is 5.96. The number of hydrogen-bond acceptors (Lipinski definition) is 4. The topological polar surface area (TPSA) is 75.6 Å². The van der Waals surface area contributed by atoms with Crippen molar-refractivity contribution >= 4 is 23.2 Å². The van der Waals surface area contributed by atoms with Gasteiger partial charge in [-0.3, -0.25) is 9.59 Å². The molecule has 0 saturated heterocycles. The molecule has 0 spiro atoms. The Hall–Kier alpha value is -3.33. The molecule has 0 unspecified atom stereocenters. The summed E-state index contributed by atoms with van der Waals surface area (Å²) in [6.45, 7) is 2.44. The molecule has 9 heteroatoms. The number of carbonyl (C=O) groups excluding carboxylic acids is 1. The van der Waals surface area contributed by atoms with Gasteiger partial charge < -0.3 is 15.2 Å². The quantitative estimate of drug-likeness (QED) is 0.343. The van der Waals surface area contributed by atoms with Crippen molar-refractivity contribution in [2.24, 2.45) is 0 Å². The highest BCUT2D eigenvalue weighted by atomic mass is 32.1. The van der Waals surface area contributed by atoms with Gasteiger partial charge in [0.25, 0.3) is 5.91 Å². The molecule has 0 atom stereocenters. The lowest BCUT2D eigenvalue weighted by atomic mass is 9.99. The summed E-state index contributed by atoms with van der Waals surface area (Å²) < 4.78 is 44.1. The van der Waals surface area contributed by atoms with Gasteiger partial charge in [-0.2, -0.15) is 13.2 Å². The van der Waals surface area contributed by atoms with Crippen molar-refractivity contribution in [2.75, 3.05) is 13.2 Å². The van der Waals surface area contributed by atoms with Crippen molar-refractivity contribution in [1.82, 2.24) is 5.32 Å². The van der Waals surface area contributed by atoms with E-state index >= 15 is 0 Å². The molecule has 0 fully saturated rings. The van der Waals surface area contributed by atoms with E-state index in [1.54, 1.807) is 12.1 Å². The first-order valence-corrected chi connectivity index (χ1v) is 11.4. The minimum atomic E-state index is -4.36. The van der Waals surface area contributed by atoms with Crippen LogP contribution in [0.5, 0.6) is 5.75 Å². The molecule has 2 aromatic carbocycles. The van der Waals surface area contributed by atoms with E-state index in [-0.39, 0.29) is 18.9 Å². The number of aryl methyl sites for hydroxylation is 2. The van der Waals surface area contributed by atoms with Crippen LogP contribution < -0.4 is 10.1 Å². The summed E-state index contributed by atoms with van der Waals surface area (Å²) in [6, 6.07) is 14.2. The number of carboxylic acids is 1. The number of amides is 1. The molecule has 0 aliphatic carbocycles. The zero-order valence-electron chi connectivity index (χ0n) is 18.4. The standard InChI is InChI=1S/C25H24F3NO4S/c1-16-15-19(8-10-21(16)17-4-6-18(7-5-17)25(26,27)28)33-14-2-3-20-9-11-22(34-20)24(32)29-13-12-23(30)31/h4-11,15H,2-3,12-14H2,1H3,(H,29,32)(H,30,31). The maximum absolute atomic E-state index is 12.8. The van der Waals surface area contributed by atoms with E-state index in [4.69, 9.17) is 9.84 Å². The molecular formula is C25H24F3NO4S. The lowest BCUT2D eigenvalue weighted by molar-refractivity contribution is -0.138. The van der Waals surface area contributed by atoms with Gasteiger partial charge in [0.2, 0.25) is 0 Å². The number of carbonyl (C=O) groups is 2. The Morgan fingerprint density at radius 2 is 1.79 bits per heavy atom. The van der Waals surface area contributed by atoms with Crippen LogP contribution in [0.2, 0.25) is 0 Å². The molecular weight excluding hydrogens is 467 g/mol. The van der Waals surface area contributed by atoms with Gasteiger partial charge >= 0.3 is 12.1 Å². The van der Waals surface area contributed by atoms with Crippen LogP contribution in [0.15, 0.2) is 54.6 Å². The third-order valence-corrected chi connectivity index (χ3v) is 6.21. The number of hydrogen-bond donors (Lipinski definition) is 2. The highest BCUT2D eigenvalue weighted by molar-refractivity contribution is 7.14. The molecule has 180 valence electrons. The third-order valence-electron chi connectivity index (χ3n) is 5.07. The molecule has 0 aliphatic rings. The third kappa shape index (κ3) is 7.08. The summed E-state index contributed by atoms with van der Waals surface area (Å²) >= 11 is 1.37. The number of carboxylic acid groups (broad SMARTS) is 1. The summed E-state index contributed by atoms with van der Waals surface area (Å²) in [4.78, 5) is 24.1. The fourth-order valence-corrected chi connectivity index (χ4v) is 4.30. The van der Waals surface area contributed by atoms with Crippen molar-refractivity contribution in [3.05, 3.63) is 75.5 Å². The molecule has 0 bridgehead atoms. The zero-order valence-corrected chi connectivity index (χ0v) is 19.3. The Morgan fingerprint density at radius 1 is 1.06 bits per heavy atom. The second kappa shape index (κ2) is 11.2. The van der Waals surface area contributed by atoms with Crippen LogP contribution in [0.4, 0.5) is 13.2 Å². The van der Waals surface area contributed by atoms with Crippen LogP contribution in [-0.4, -0.2) is 30.1 Å². The van der Waals surface area contributed by atoms with Gasteiger partial charge in [0.15, 0.2) is 0 Å².